The van der Waals surface area contributed by atoms with Crippen LogP contribution in [0.15, 0.2) is 24.3 Å². The Morgan fingerprint density at radius 2 is 1.84 bits per heavy atom. The van der Waals surface area contributed by atoms with Gasteiger partial charge in [-0.2, -0.15) is 0 Å². The van der Waals surface area contributed by atoms with Crippen molar-refractivity contribution in [2.24, 2.45) is 5.92 Å². The van der Waals surface area contributed by atoms with Crippen LogP contribution in [0.2, 0.25) is 0 Å². The second kappa shape index (κ2) is 8.98. The zero-order valence-corrected chi connectivity index (χ0v) is 12.9. The van der Waals surface area contributed by atoms with E-state index < -0.39 is 0 Å². The van der Waals surface area contributed by atoms with Crippen LogP contribution in [0.4, 0.5) is 0 Å². The molecule has 1 unspecified atom stereocenters. The first-order valence-electron chi connectivity index (χ1n) is 7.71. The van der Waals surface area contributed by atoms with E-state index in [4.69, 9.17) is 4.74 Å². The van der Waals surface area contributed by atoms with Gasteiger partial charge in [-0.1, -0.05) is 45.7 Å². The molecule has 0 radical (unpaired) electrons. The predicted octanol–water partition coefficient (Wildman–Crippen LogP) is 4.56. The van der Waals surface area contributed by atoms with Crippen LogP contribution in [0.5, 0.6) is 5.75 Å². The Kier molecular flexibility index (Phi) is 7.57. The molecule has 2 nitrogen and oxygen atoms in total. The van der Waals surface area contributed by atoms with Crippen LogP contribution in [-0.4, -0.2) is 13.2 Å². The molecule has 0 bridgehead atoms. The Labute approximate surface area is 118 Å². The molecule has 108 valence electrons. The summed E-state index contributed by atoms with van der Waals surface area (Å²) in [5.41, 5.74) is 1.35. The maximum absolute atomic E-state index is 5.60. The number of ether oxygens (including phenoxy) is 1. The molecular weight excluding hydrogens is 234 g/mol. The second-order valence-electron chi connectivity index (χ2n) is 5.03. The highest BCUT2D eigenvalue weighted by Crippen LogP contribution is 2.27. The molecule has 0 spiro atoms. The third-order valence-electron chi connectivity index (χ3n) is 3.75. The Hall–Kier alpha value is -1.02. The molecule has 19 heavy (non-hydrogen) atoms. The van der Waals surface area contributed by atoms with Crippen molar-refractivity contribution < 1.29 is 4.74 Å². The van der Waals surface area contributed by atoms with Crippen LogP contribution in [0, 0.1) is 5.92 Å². The average Bonchev–Trinajstić information content (AvgIpc) is 2.44. The minimum Gasteiger partial charge on any atom is -0.494 e. The minimum absolute atomic E-state index is 0.440. The van der Waals surface area contributed by atoms with Gasteiger partial charge in [0.1, 0.15) is 5.75 Å². The summed E-state index contributed by atoms with van der Waals surface area (Å²) in [7, 11) is 0. The first-order chi connectivity index (χ1) is 9.24. The van der Waals surface area contributed by atoms with E-state index in [0.29, 0.717) is 6.04 Å². The molecular formula is C17H29NO. The van der Waals surface area contributed by atoms with Crippen LogP contribution in [-0.2, 0) is 0 Å². The van der Waals surface area contributed by atoms with Gasteiger partial charge in [-0.05, 0) is 43.5 Å². The van der Waals surface area contributed by atoms with Crippen LogP contribution < -0.4 is 10.1 Å². The highest BCUT2D eigenvalue weighted by molar-refractivity contribution is 5.30. The summed E-state index contributed by atoms with van der Waals surface area (Å²) in [6, 6.07) is 8.96. The molecule has 0 saturated heterocycles. The Morgan fingerprint density at radius 1 is 1.11 bits per heavy atom. The third kappa shape index (κ3) is 5.23. The first-order valence-corrected chi connectivity index (χ1v) is 7.71. The normalized spacial score (nSPS) is 12.7. The van der Waals surface area contributed by atoms with Gasteiger partial charge in [-0.3, -0.25) is 0 Å². The van der Waals surface area contributed by atoms with Crippen molar-refractivity contribution >= 4 is 0 Å². The summed E-state index contributed by atoms with van der Waals surface area (Å²) < 4.78 is 5.60. The van der Waals surface area contributed by atoms with Crippen molar-refractivity contribution in [3.05, 3.63) is 29.8 Å². The van der Waals surface area contributed by atoms with E-state index in [1.807, 2.05) is 13.0 Å². The van der Waals surface area contributed by atoms with E-state index in [2.05, 4.69) is 44.3 Å². The predicted molar refractivity (Wildman–Crippen MR) is 82.7 cm³/mol. The van der Waals surface area contributed by atoms with Gasteiger partial charge in [-0.15, -0.1) is 0 Å². The molecule has 0 aliphatic carbocycles. The summed E-state index contributed by atoms with van der Waals surface area (Å²) in [5.74, 6) is 1.77. The smallest absolute Gasteiger partial charge is 0.119 e. The number of nitrogens with one attached hydrogen (secondary N) is 1. The molecule has 1 atom stereocenters. The number of hydrogen-bond donors (Lipinski definition) is 1. The fourth-order valence-corrected chi connectivity index (χ4v) is 2.53. The van der Waals surface area contributed by atoms with E-state index in [-0.39, 0.29) is 0 Å². The molecule has 1 N–H and O–H groups in total. The second-order valence-corrected chi connectivity index (χ2v) is 5.03. The maximum atomic E-state index is 5.60. The Bertz CT molecular complexity index is 347. The van der Waals surface area contributed by atoms with Crippen molar-refractivity contribution in [3.63, 3.8) is 0 Å². The van der Waals surface area contributed by atoms with E-state index in [9.17, 15) is 0 Å². The molecule has 2 heteroatoms. The SMILES string of the molecule is CCNC(CC(CC)CC)c1cccc(OCC)c1. The standard InChI is InChI=1S/C17H29NO/c1-5-14(6-2)12-17(18-7-3)15-10-9-11-16(13-15)19-8-4/h9-11,13-14,17-18H,5-8,12H2,1-4H3. The number of benzene rings is 1. The van der Waals surface area contributed by atoms with E-state index in [0.717, 1.165) is 24.8 Å². The fourth-order valence-electron chi connectivity index (χ4n) is 2.53. The zero-order valence-electron chi connectivity index (χ0n) is 12.9. The van der Waals surface area contributed by atoms with Gasteiger partial charge in [0.15, 0.2) is 0 Å². The lowest BCUT2D eigenvalue weighted by Crippen LogP contribution is -2.23. The zero-order chi connectivity index (χ0) is 14.1. The highest BCUT2D eigenvalue weighted by Gasteiger charge is 2.15. The highest BCUT2D eigenvalue weighted by atomic mass is 16.5. The molecule has 1 aromatic rings. The topological polar surface area (TPSA) is 21.3 Å². The van der Waals surface area contributed by atoms with Gasteiger partial charge < -0.3 is 10.1 Å². The summed E-state index contributed by atoms with van der Waals surface area (Å²) >= 11 is 0. The largest absolute Gasteiger partial charge is 0.494 e. The minimum atomic E-state index is 0.440. The van der Waals surface area contributed by atoms with Crippen LogP contribution in [0.3, 0.4) is 0 Å². The van der Waals surface area contributed by atoms with Gasteiger partial charge in [0.05, 0.1) is 6.61 Å². The summed E-state index contributed by atoms with van der Waals surface area (Å²) in [6.07, 6.45) is 3.71. The lowest BCUT2D eigenvalue weighted by molar-refractivity contribution is 0.337. The molecule has 0 aliphatic heterocycles. The van der Waals surface area contributed by atoms with Gasteiger partial charge in [0.2, 0.25) is 0 Å². The van der Waals surface area contributed by atoms with Gasteiger partial charge in [-0.25, -0.2) is 0 Å². The quantitative estimate of drug-likeness (QED) is 0.705. The summed E-state index contributed by atoms with van der Waals surface area (Å²) in [6.45, 7) is 10.5. The summed E-state index contributed by atoms with van der Waals surface area (Å²) in [5, 5.41) is 3.61. The van der Waals surface area contributed by atoms with Gasteiger partial charge in [0.25, 0.3) is 0 Å². The van der Waals surface area contributed by atoms with E-state index >= 15 is 0 Å². The lowest BCUT2D eigenvalue weighted by atomic mass is 9.91. The first kappa shape index (κ1) is 16.0. The molecule has 0 aromatic heterocycles. The van der Waals surface area contributed by atoms with Crippen molar-refractivity contribution in [2.45, 2.75) is 53.0 Å². The fraction of sp³-hybridized carbons (Fsp3) is 0.647. The lowest BCUT2D eigenvalue weighted by Gasteiger charge is -2.23. The van der Waals surface area contributed by atoms with Crippen molar-refractivity contribution in [3.8, 4) is 5.75 Å². The molecule has 1 aromatic carbocycles. The van der Waals surface area contributed by atoms with E-state index in [1.165, 1.54) is 24.8 Å². The Balaban J connectivity index is 2.81. The van der Waals surface area contributed by atoms with Crippen molar-refractivity contribution in [2.75, 3.05) is 13.2 Å². The van der Waals surface area contributed by atoms with Crippen LogP contribution in [0.1, 0.15) is 58.6 Å². The molecule has 0 aliphatic rings. The monoisotopic (exact) mass is 263 g/mol. The molecule has 0 amide bonds. The molecule has 1 rings (SSSR count). The Morgan fingerprint density at radius 3 is 2.42 bits per heavy atom. The average molecular weight is 263 g/mol. The van der Waals surface area contributed by atoms with Crippen LogP contribution >= 0.6 is 0 Å². The third-order valence-corrected chi connectivity index (χ3v) is 3.75. The number of hydrogen-bond acceptors (Lipinski definition) is 2. The van der Waals surface area contributed by atoms with Crippen molar-refractivity contribution in [1.82, 2.24) is 5.32 Å². The van der Waals surface area contributed by atoms with Crippen LogP contribution in [0.25, 0.3) is 0 Å². The number of rotatable bonds is 9. The molecule has 0 heterocycles. The van der Waals surface area contributed by atoms with Gasteiger partial charge in [0, 0.05) is 6.04 Å². The molecule has 0 saturated carbocycles. The van der Waals surface area contributed by atoms with Gasteiger partial charge >= 0.3 is 0 Å². The molecule has 0 fully saturated rings. The summed E-state index contributed by atoms with van der Waals surface area (Å²) in [4.78, 5) is 0. The van der Waals surface area contributed by atoms with E-state index in [1.54, 1.807) is 0 Å². The maximum Gasteiger partial charge on any atom is 0.119 e. The van der Waals surface area contributed by atoms with Crippen molar-refractivity contribution in [1.29, 1.82) is 0 Å².